The highest BCUT2D eigenvalue weighted by Crippen LogP contribution is 2.36. The minimum Gasteiger partial charge on any atom is -0.497 e. The molecule has 3 aromatic carbocycles. The summed E-state index contributed by atoms with van der Waals surface area (Å²) in [6.07, 6.45) is 1.25. The summed E-state index contributed by atoms with van der Waals surface area (Å²) in [5.41, 5.74) is 2.60. The molecule has 9 nitrogen and oxygen atoms in total. The van der Waals surface area contributed by atoms with Gasteiger partial charge < -0.3 is 9.64 Å². The van der Waals surface area contributed by atoms with Crippen molar-refractivity contribution in [3.8, 4) is 5.75 Å². The molecule has 11 heteroatoms. The zero-order chi connectivity index (χ0) is 29.2. The van der Waals surface area contributed by atoms with E-state index in [1.54, 1.807) is 67.8 Å². The van der Waals surface area contributed by atoms with Crippen LogP contribution in [-0.2, 0) is 20.0 Å². The van der Waals surface area contributed by atoms with Crippen molar-refractivity contribution in [1.29, 1.82) is 0 Å². The van der Waals surface area contributed by atoms with Crippen LogP contribution in [0.5, 0.6) is 5.75 Å². The number of likely N-dealkylation sites (tertiary alicyclic amines) is 1. The van der Waals surface area contributed by atoms with Gasteiger partial charge in [0, 0.05) is 13.1 Å². The summed E-state index contributed by atoms with van der Waals surface area (Å²) < 4.78 is 66.3. The quantitative estimate of drug-likeness (QED) is 0.284. The van der Waals surface area contributed by atoms with Gasteiger partial charge in [-0.15, -0.1) is 4.40 Å². The van der Waals surface area contributed by atoms with E-state index in [4.69, 9.17) is 4.74 Å². The molecule has 0 bridgehead atoms. The first kappa shape index (κ1) is 29.2. The summed E-state index contributed by atoms with van der Waals surface area (Å²) in [6, 6.07) is 20.6. The van der Waals surface area contributed by atoms with Crippen molar-refractivity contribution in [3.05, 3.63) is 89.5 Å². The fraction of sp³-hybridized carbons (Fsp3) is 0.367. The molecule has 2 heterocycles. The van der Waals surface area contributed by atoms with Crippen molar-refractivity contribution in [2.24, 2.45) is 4.40 Å². The molecule has 0 unspecified atom stereocenters. The molecule has 218 valence electrons. The Labute approximate surface area is 243 Å². The molecule has 0 N–H and O–H groups in total. The van der Waals surface area contributed by atoms with E-state index in [2.05, 4.69) is 9.30 Å². The van der Waals surface area contributed by atoms with E-state index >= 15 is 0 Å². The molecule has 2 aliphatic rings. The second-order valence-corrected chi connectivity index (χ2v) is 14.0. The normalized spacial score (nSPS) is 19.1. The minimum atomic E-state index is -4.05. The minimum absolute atomic E-state index is 0.103. The average molecular weight is 597 g/mol. The van der Waals surface area contributed by atoms with Crippen LogP contribution in [0.15, 0.2) is 87.0 Å². The Morgan fingerprint density at radius 2 is 1.34 bits per heavy atom. The Hall–Kier alpha value is -3.25. The third-order valence-electron chi connectivity index (χ3n) is 7.61. The van der Waals surface area contributed by atoms with Gasteiger partial charge in [-0.2, -0.15) is 12.7 Å². The van der Waals surface area contributed by atoms with Gasteiger partial charge >= 0.3 is 0 Å². The van der Waals surface area contributed by atoms with E-state index in [9.17, 15) is 16.8 Å². The van der Waals surface area contributed by atoms with Crippen molar-refractivity contribution in [2.45, 2.75) is 42.6 Å². The van der Waals surface area contributed by atoms with Crippen molar-refractivity contribution in [2.75, 3.05) is 39.8 Å². The summed E-state index contributed by atoms with van der Waals surface area (Å²) in [6.45, 7) is 6.23. The van der Waals surface area contributed by atoms with E-state index in [0.29, 0.717) is 23.7 Å². The van der Waals surface area contributed by atoms with Crippen LogP contribution in [0.3, 0.4) is 0 Å². The van der Waals surface area contributed by atoms with Crippen LogP contribution in [-0.4, -0.2) is 76.6 Å². The number of amidine groups is 1. The van der Waals surface area contributed by atoms with E-state index in [1.807, 2.05) is 30.9 Å². The molecule has 0 spiro atoms. The first-order valence-electron chi connectivity index (χ1n) is 13.7. The van der Waals surface area contributed by atoms with Crippen LogP contribution in [0.25, 0.3) is 0 Å². The van der Waals surface area contributed by atoms with Crippen molar-refractivity contribution >= 4 is 25.9 Å². The summed E-state index contributed by atoms with van der Waals surface area (Å²) in [7, 11) is -6.40. The highest BCUT2D eigenvalue weighted by Gasteiger charge is 2.43. The topological polar surface area (TPSA) is 99.6 Å². The SMILES string of the molecule is COc1ccc([C@H]2N(C(CN3CCCC3)=NS(=O)(=O)c3ccc(C)cc3)CCN2S(=O)(=O)c2ccc(C)cc2)cc1. The third kappa shape index (κ3) is 6.33. The Bertz CT molecular complexity index is 1600. The number of nitrogens with zero attached hydrogens (tertiary/aromatic N) is 4. The molecule has 0 aliphatic carbocycles. The number of benzene rings is 3. The molecule has 1 atom stereocenters. The van der Waals surface area contributed by atoms with Crippen LogP contribution in [0.4, 0.5) is 0 Å². The molecule has 2 aliphatic heterocycles. The summed E-state index contributed by atoms with van der Waals surface area (Å²) in [4.78, 5) is 4.30. The van der Waals surface area contributed by atoms with Gasteiger partial charge in [0.05, 0.1) is 23.4 Å². The number of sulfonamides is 2. The molecule has 0 amide bonds. The first-order chi connectivity index (χ1) is 19.6. The Morgan fingerprint density at radius 1 is 0.780 bits per heavy atom. The van der Waals surface area contributed by atoms with Crippen molar-refractivity contribution in [3.63, 3.8) is 0 Å². The monoisotopic (exact) mass is 596 g/mol. The molecule has 2 fully saturated rings. The highest BCUT2D eigenvalue weighted by atomic mass is 32.2. The van der Waals surface area contributed by atoms with Gasteiger partial charge in [0.2, 0.25) is 10.0 Å². The van der Waals surface area contributed by atoms with Gasteiger partial charge in [-0.3, -0.25) is 4.90 Å². The number of rotatable bonds is 8. The van der Waals surface area contributed by atoms with Crippen LogP contribution in [0, 0.1) is 13.8 Å². The molecule has 41 heavy (non-hydrogen) atoms. The lowest BCUT2D eigenvalue weighted by atomic mass is 10.1. The number of aryl methyl sites for hydroxylation is 2. The van der Waals surface area contributed by atoms with E-state index in [1.165, 1.54) is 4.31 Å². The van der Waals surface area contributed by atoms with Crippen LogP contribution in [0.2, 0.25) is 0 Å². The smallest absolute Gasteiger partial charge is 0.283 e. The second kappa shape index (κ2) is 11.9. The van der Waals surface area contributed by atoms with Crippen LogP contribution in [0.1, 0.15) is 35.7 Å². The van der Waals surface area contributed by atoms with Gasteiger partial charge in [-0.25, -0.2) is 8.42 Å². The Kier molecular flexibility index (Phi) is 8.51. The number of hydrogen-bond acceptors (Lipinski definition) is 6. The van der Waals surface area contributed by atoms with E-state index in [0.717, 1.165) is 37.1 Å². The summed E-state index contributed by atoms with van der Waals surface area (Å²) in [5.74, 6) is 0.967. The molecule has 0 saturated carbocycles. The predicted octanol–water partition coefficient (Wildman–Crippen LogP) is 4.20. The van der Waals surface area contributed by atoms with Crippen LogP contribution < -0.4 is 4.74 Å². The highest BCUT2D eigenvalue weighted by molar-refractivity contribution is 7.90. The van der Waals surface area contributed by atoms with Gasteiger partial charge in [0.1, 0.15) is 17.8 Å². The van der Waals surface area contributed by atoms with Gasteiger partial charge in [0.15, 0.2) is 0 Å². The van der Waals surface area contributed by atoms with E-state index < -0.39 is 26.2 Å². The molecule has 5 rings (SSSR count). The van der Waals surface area contributed by atoms with Gasteiger partial charge in [-0.1, -0.05) is 47.5 Å². The molecular formula is C30H36N4O5S2. The van der Waals surface area contributed by atoms with Gasteiger partial charge in [-0.05, 0) is 81.7 Å². The first-order valence-corrected chi connectivity index (χ1v) is 16.6. The second-order valence-electron chi connectivity index (χ2n) is 10.5. The largest absolute Gasteiger partial charge is 0.497 e. The number of hydrogen-bond donors (Lipinski definition) is 0. The van der Waals surface area contributed by atoms with Crippen LogP contribution >= 0.6 is 0 Å². The van der Waals surface area contributed by atoms with Gasteiger partial charge in [0.25, 0.3) is 10.0 Å². The zero-order valence-corrected chi connectivity index (χ0v) is 25.2. The number of ether oxygens (including phenoxy) is 1. The number of methoxy groups -OCH3 is 1. The summed E-state index contributed by atoms with van der Waals surface area (Å²) in [5, 5.41) is 0. The third-order valence-corrected chi connectivity index (χ3v) is 10.8. The molecule has 2 saturated heterocycles. The lowest BCUT2D eigenvalue weighted by Gasteiger charge is -2.33. The Morgan fingerprint density at radius 3 is 1.90 bits per heavy atom. The predicted molar refractivity (Wildman–Crippen MR) is 159 cm³/mol. The summed E-state index contributed by atoms with van der Waals surface area (Å²) >= 11 is 0. The lowest BCUT2D eigenvalue weighted by molar-refractivity contribution is 0.271. The lowest BCUT2D eigenvalue weighted by Crippen LogP contribution is -2.42. The van der Waals surface area contributed by atoms with Crippen molar-refractivity contribution in [1.82, 2.24) is 14.1 Å². The Balaban J connectivity index is 1.61. The molecule has 0 radical (unpaired) electrons. The van der Waals surface area contributed by atoms with E-state index in [-0.39, 0.29) is 22.9 Å². The molecule has 3 aromatic rings. The average Bonchev–Trinajstić information content (AvgIpc) is 3.64. The molecule has 0 aromatic heterocycles. The molecular weight excluding hydrogens is 560 g/mol. The fourth-order valence-corrected chi connectivity index (χ4v) is 7.91. The maximum Gasteiger partial charge on any atom is 0.283 e. The standard InChI is InChI=1S/C30H36N4O5S2/c1-23-6-14-27(15-7-23)40(35,36)31-29(22-32-18-4-5-19-32)33-20-21-34(30(33)25-10-12-26(39-3)13-11-25)41(37,38)28-16-8-24(2)9-17-28/h6-17,30H,4-5,18-22H2,1-3H3/t30-/m0/s1. The zero-order valence-electron chi connectivity index (χ0n) is 23.6. The maximum atomic E-state index is 14.0. The maximum absolute atomic E-state index is 14.0. The van der Waals surface area contributed by atoms with Crippen molar-refractivity contribution < 1.29 is 21.6 Å². The fourth-order valence-electron chi connectivity index (χ4n) is 5.31.